The maximum atomic E-state index is 13.2. The molecule has 0 N–H and O–H groups in total. The van der Waals surface area contributed by atoms with Crippen molar-refractivity contribution < 1.29 is 32.3 Å². The molecule has 0 saturated carbocycles. The van der Waals surface area contributed by atoms with Crippen LogP contribution in [0.25, 0.3) is 10.9 Å². The van der Waals surface area contributed by atoms with E-state index >= 15 is 0 Å². The molecule has 0 saturated heterocycles. The first-order valence-corrected chi connectivity index (χ1v) is 10.5. The average Bonchev–Trinajstić information content (AvgIpc) is 3.18. The fourth-order valence-corrected chi connectivity index (χ4v) is 4.72. The highest BCUT2D eigenvalue weighted by molar-refractivity contribution is 6.30. The van der Waals surface area contributed by atoms with Gasteiger partial charge in [0.05, 0.1) is 24.7 Å². The van der Waals surface area contributed by atoms with Crippen LogP contribution in [-0.4, -0.2) is 35.4 Å². The van der Waals surface area contributed by atoms with Crippen molar-refractivity contribution in [1.29, 1.82) is 0 Å². The van der Waals surface area contributed by atoms with Crippen LogP contribution in [0.2, 0.25) is 5.02 Å². The molecule has 0 amide bonds. The molecule has 34 heavy (non-hydrogen) atoms. The van der Waals surface area contributed by atoms with Gasteiger partial charge in [-0.1, -0.05) is 35.7 Å². The molecule has 2 aromatic carbocycles. The van der Waals surface area contributed by atoms with Gasteiger partial charge in [-0.05, 0) is 29.8 Å². The number of carbonyl (C=O) groups excluding carboxylic acids is 3. The Balaban J connectivity index is 1.91. The third-order valence-corrected chi connectivity index (χ3v) is 6.44. The highest BCUT2D eigenvalue weighted by atomic mass is 35.5. The molecule has 1 aliphatic heterocycles. The molecule has 0 spiro atoms. The second kappa shape index (κ2) is 8.33. The fourth-order valence-electron chi connectivity index (χ4n) is 4.59. The lowest BCUT2D eigenvalue weighted by Gasteiger charge is -2.38. The van der Waals surface area contributed by atoms with E-state index in [-0.39, 0.29) is 24.1 Å². The van der Waals surface area contributed by atoms with Crippen molar-refractivity contribution in [3.63, 3.8) is 0 Å². The summed E-state index contributed by atoms with van der Waals surface area (Å²) in [6.07, 6.45) is 1.57. The predicted molar refractivity (Wildman–Crippen MR) is 119 cm³/mol. The summed E-state index contributed by atoms with van der Waals surface area (Å²) in [6, 6.07) is 10.6. The second-order valence-corrected chi connectivity index (χ2v) is 8.47. The maximum absolute atomic E-state index is 13.2. The van der Waals surface area contributed by atoms with Gasteiger partial charge in [-0.2, -0.15) is 13.2 Å². The number of hydrogen-bond acceptors (Lipinski definition) is 4. The van der Waals surface area contributed by atoms with E-state index in [1.807, 2.05) is 0 Å². The Morgan fingerprint density at radius 1 is 1.21 bits per heavy atom. The Labute approximate surface area is 197 Å². The largest absolute Gasteiger partial charge is 0.468 e. The Morgan fingerprint density at radius 3 is 2.47 bits per heavy atom. The van der Waals surface area contributed by atoms with Crippen molar-refractivity contribution in [1.82, 2.24) is 4.57 Å². The molecule has 0 fully saturated rings. The van der Waals surface area contributed by atoms with Gasteiger partial charge in [0.1, 0.15) is 0 Å². The molecule has 0 radical (unpaired) electrons. The SMILES string of the molecule is C#CC1(C(=O)OC)Cn2cc(C(=O)C(F)(F)F)c3cccc(c32)C1CC(=O)c1ccc(Cl)cc1. The molecule has 4 rings (SSSR count). The number of alkyl halides is 3. The van der Waals surface area contributed by atoms with E-state index in [0.29, 0.717) is 21.7 Å². The third-order valence-electron chi connectivity index (χ3n) is 6.18. The quantitative estimate of drug-likeness (QED) is 0.282. The van der Waals surface area contributed by atoms with Crippen LogP contribution in [-0.2, 0) is 16.1 Å². The summed E-state index contributed by atoms with van der Waals surface area (Å²) in [5, 5.41) is 0.505. The normalized spacial score (nSPS) is 19.5. The zero-order valence-electron chi connectivity index (χ0n) is 17.8. The summed E-state index contributed by atoms with van der Waals surface area (Å²) in [6.45, 7) is -0.257. The molecular formula is C25H17ClF3NO4. The lowest BCUT2D eigenvalue weighted by Crippen LogP contribution is -2.44. The molecule has 3 aromatic rings. The van der Waals surface area contributed by atoms with Crippen LogP contribution in [0.15, 0.2) is 48.7 Å². The summed E-state index contributed by atoms with van der Waals surface area (Å²) in [7, 11) is 1.14. The van der Waals surface area contributed by atoms with E-state index in [9.17, 15) is 27.6 Å². The molecule has 174 valence electrons. The molecule has 0 bridgehead atoms. The summed E-state index contributed by atoms with van der Waals surface area (Å²) in [4.78, 5) is 38.2. The average molecular weight is 488 g/mol. The smallest absolute Gasteiger partial charge is 0.454 e. The molecular weight excluding hydrogens is 471 g/mol. The first kappa shape index (κ1) is 23.6. The molecule has 2 atom stereocenters. The molecule has 1 aliphatic rings. The first-order chi connectivity index (χ1) is 16.0. The van der Waals surface area contributed by atoms with Gasteiger partial charge in [0, 0.05) is 34.5 Å². The summed E-state index contributed by atoms with van der Waals surface area (Å²) < 4.78 is 46.0. The molecule has 2 heterocycles. The van der Waals surface area contributed by atoms with E-state index in [2.05, 4.69) is 5.92 Å². The lowest BCUT2D eigenvalue weighted by atomic mass is 9.67. The standard InChI is InChI=1S/C25H17ClF3NO4/c1-3-24(23(33)34-2)13-30-12-18(22(32)25(27,28)29)16-5-4-6-17(21(16)30)19(24)11-20(31)14-7-9-15(26)10-8-14/h1,4-10,12,19H,11,13H2,2H3. The molecule has 0 aliphatic carbocycles. The lowest BCUT2D eigenvalue weighted by molar-refractivity contribution is -0.151. The minimum absolute atomic E-state index is 0.0688. The van der Waals surface area contributed by atoms with Gasteiger partial charge in [0.2, 0.25) is 0 Å². The van der Waals surface area contributed by atoms with Crippen LogP contribution in [0.3, 0.4) is 0 Å². The number of ether oxygens (including phenoxy) is 1. The predicted octanol–water partition coefficient (Wildman–Crippen LogP) is 5.20. The van der Waals surface area contributed by atoms with Gasteiger partial charge >= 0.3 is 12.1 Å². The summed E-state index contributed by atoms with van der Waals surface area (Å²) in [5.74, 6) is -1.60. The zero-order chi connectivity index (χ0) is 24.8. The van der Waals surface area contributed by atoms with Crippen molar-refractivity contribution in [2.75, 3.05) is 7.11 Å². The summed E-state index contributed by atoms with van der Waals surface area (Å²) >= 11 is 5.90. The number of terminal acetylenes is 1. The van der Waals surface area contributed by atoms with E-state index < -0.39 is 34.8 Å². The van der Waals surface area contributed by atoms with Crippen LogP contribution in [0, 0.1) is 17.8 Å². The highest BCUT2D eigenvalue weighted by Crippen LogP contribution is 2.49. The zero-order valence-corrected chi connectivity index (χ0v) is 18.5. The molecule has 2 unspecified atom stereocenters. The number of nitrogens with zero attached hydrogens (tertiary/aromatic N) is 1. The number of rotatable bonds is 5. The van der Waals surface area contributed by atoms with Crippen LogP contribution >= 0.6 is 11.6 Å². The highest BCUT2D eigenvalue weighted by Gasteiger charge is 2.51. The third kappa shape index (κ3) is 3.66. The maximum Gasteiger partial charge on any atom is 0.454 e. The number of esters is 1. The van der Waals surface area contributed by atoms with Gasteiger partial charge in [0.15, 0.2) is 11.2 Å². The van der Waals surface area contributed by atoms with Crippen molar-refractivity contribution >= 4 is 40.0 Å². The summed E-state index contributed by atoms with van der Waals surface area (Å²) in [5.41, 5.74) is -1.20. The first-order valence-electron chi connectivity index (χ1n) is 10.1. The Kier molecular flexibility index (Phi) is 5.78. The number of aromatic nitrogens is 1. The van der Waals surface area contributed by atoms with Crippen LogP contribution in [0.4, 0.5) is 13.2 Å². The topological polar surface area (TPSA) is 65.4 Å². The van der Waals surface area contributed by atoms with Crippen molar-refractivity contribution in [2.45, 2.75) is 25.1 Å². The van der Waals surface area contributed by atoms with Gasteiger partial charge in [-0.25, -0.2) is 0 Å². The van der Waals surface area contributed by atoms with Crippen LogP contribution in [0.5, 0.6) is 0 Å². The van der Waals surface area contributed by atoms with E-state index in [1.165, 1.54) is 28.8 Å². The molecule has 1 aromatic heterocycles. The number of halogens is 4. The minimum Gasteiger partial charge on any atom is -0.468 e. The van der Waals surface area contributed by atoms with Gasteiger partial charge < -0.3 is 9.30 Å². The number of benzene rings is 2. The van der Waals surface area contributed by atoms with Crippen LogP contribution < -0.4 is 0 Å². The number of carbonyl (C=O) groups is 3. The van der Waals surface area contributed by atoms with E-state index in [1.54, 1.807) is 18.2 Å². The number of Topliss-reactive ketones (excluding diaryl/α,β-unsaturated/α-hetero) is 2. The minimum atomic E-state index is -5.08. The Bertz CT molecular complexity index is 1370. The van der Waals surface area contributed by atoms with Gasteiger partial charge in [-0.3, -0.25) is 14.4 Å². The number of hydrogen-bond donors (Lipinski definition) is 0. The van der Waals surface area contributed by atoms with Crippen molar-refractivity contribution in [2.24, 2.45) is 5.41 Å². The van der Waals surface area contributed by atoms with Crippen molar-refractivity contribution in [3.8, 4) is 12.3 Å². The Morgan fingerprint density at radius 2 is 1.88 bits per heavy atom. The second-order valence-electron chi connectivity index (χ2n) is 8.04. The number of methoxy groups -OCH3 is 1. The Hall–Kier alpha value is -3.57. The van der Waals surface area contributed by atoms with Crippen molar-refractivity contribution in [3.05, 3.63) is 70.4 Å². The van der Waals surface area contributed by atoms with Gasteiger partial charge in [0.25, 0.3) is 5.78 Å². The fraction of sp³-hybridized carbons (Fsp3) is 0.240. The van der Waals surface area contributed by atoms with Gasteiger partial charge in [-0.15, -0.1) is 6.42 Å². The number of ketones is 2. The number of para-hydroxylation sites is 1. The molecule has 5 nitrogen and oxygen atoms in total. The van der Waals surface area contributed by atoms with E-state index in [4.69, 9.17) is 22.8 Å². The monoisotopic (exact) mass is 487 g/mol. The van der Waals surface area contributed by atoms with Crippen LogP contribution in [0.1, 0.15) is 38.6 Å². The van der Waals surface area contributed by atoms with E-state index in [0.717, 1.165) is 13.3 Å². The molecule has 9 heteroatoms.